The van der Waals surface area contributed by atoms with Crippen LogP contribution in [0.4, 0.5) is 0 Å². The summed E-state index contributed by atoms with van der Waals surface area (Å²) in [6, 6.07) is 16.7. The van der Waals surface area contributed by atoms with Crippen molar-refractivity contribution >= 4 is 17.8 Å². The molecule has 0 saturated carbocycles. The van der Waals surface area contributed by atoms with Gasteiger partial charge in [0, 0.05) is 18.7 Å². The number of benzene rings is 2. The topological polar surface area (TPSA) is 117 Å². The molecule has 2 aromatic carbocycles. The number of carbonyl (C=O) groups excluding carboxylic acids is 2. The lowest BCUT2D eigenvalue weighted by Gasteiger charge is -2.48. The summed E-state index contributed by atoms with van der Waals surface area (Å²) in [5.41, 5.74) is 0.626. The number of carboxylic acid groups (broad SMARTS) is 1. The van der Waals surface area contributed by atoms with Crippen LogP contribution < -0.4 is 10.6 Å². The largest absolute Gasteiger partial charge is 0.481 e. The highest BCUT2D eigenvalue weighted by Crippen LogP contribution is 2.40. The molecule has 9 heteroatoms. The second-order valence-corrected chi connectivity index (χ2v) is 9.66. The second-order valence-electron chi connectivity index (χ2n) is 9.66. The average molecular weight is 510 g/mol. The van der Waals surface area contributed by atoms with E-state index in [4.69, 9.17) is 9.47 Å². The Morgan fingerprint density at radius 2 is 1.78 bits per heavy atom. The summed E-state index contributed by atoms with van der Waals surface area (Å²) in [5, 5.41) is 15.6. The first-order valence-corrected chi connectivity index (χ1v) is 12.8. The molecule has 37 heavy (non-hydrogen) atoms. The molecule has 2 aliphatic heterocycles. The van der Waals surface area contributed by atoms with Crippen molar-refractivity contribution < 1.29 is 29.0 Å². The molecule has 0 aromatic heterocycles. The molecule has 0 spiro atoms. The summed E-state index contributed by atoms with van der Waals surface area (Å²) in [4.78, 5) is 40.5. The number of hydrogen-bond acceptors (Lipinski definition) is 7. The van der Waals surface area contributed by atoms with Crippen LogP contribution >= 0.6 is 0 Å². The molecule has 1 fully saturated rings. The first-order chi connectivity index (χ1) is 17.9. The summed E-state index contributed by atoms with van der Waals surface area (Å²) >= 11 is 0. The zero-order chi connectivity index (χ0) is 26.3. The molecule has 0 radical (unpaired) electrons. The van der Waals surface area contributed by atoms with Crippen LogP contribution in [0.5, 0.6) is 0 Å². The molecule has 1 saturated heterocycles. The lowest BCUT2D eigenvalue weighted by Crippen LogP contribution is -2.66. The number of aliphatic carboxylic acids is 1. The number of carbonyl (C=O) groups is 3. The molecule has 2 unspecified atom stereocenters. The number of amides is 1. The van der Waals surface area contributed by atoms with Gasteiger partial charge in [0.05, 0.1) is 12.5 Å². The molecule has 3 N–H and O–H groups in total. The quantitative estimate of drug-likeness (QED) is 0.418. The van der Waals surface area contributed by atoms with E-state index in [0.29, 0.717) is 12.1 Å². The minimum atomic E-state index is -1.68. The first-order valence-electron chi connectivity index (χ1n) is 12.8. The average Bonchev–Trinajstić information content (AvgIpc) is 2.92. The van der Waals surface area contributed by atoms with Crippen molar-refractivity contribution in [1.29, 1.82) is 0 Å². The molecule has 0 aliphatic carbocycles. The lowest BCUT2D eigenvalue weighted by molar-refractivity contribution is -0.169. The van der Waals surface area contributed by atoms with Gasteiger partial charge in [-0.2, -0.15) is 0 Å². The van der Waals surface area contributed by atoms with Crippen molar-refractivity contribution in [2.24, 2.45) is 0 Å². The van der Waals surface area contributed by atoms with E-state index in [1.807, 2.05) is 55.5 Å². The van der Waals surface area contributed by atoms with Gasteiger partial charge in [-0.1, -0.05) is 61.5 Å². The van der Waals surface area contributed by atoms with Crippen molar-refractivity contribution in [2.45, 2.75) is 50.5 Å². The first kappa shape index (κ1) is 26.8. The number of fused-ring (bicyclic) bond motifs is 1. The highest BCUT2D eigenvalue weighted by molar-refractivity contribution is 5.90. The molecule has 198 valence electrons. The fourth-order valence-electron chi connectivity index (χ4n) is 5.14. The SMILES string of the molecule is CC1CN(CCC(=O)O)C(NC(=O)COC2CCNCC2)(C(=O)OCc2ccccc2)c2ccccc21. The van der Waals surface area contributed by atoms with E-state index < -0.39 is 23.5 Å². The minimum Gasteiger partial charge on any atom is -0.481 e. The van der Waals surface area contributed by atoms with Crippen molar-refractivity contribution in [3.05, 3.63) is 71.3 Å². The highest BCUT2D eigenvalue weighted by Gasteiger charge is 2.53. The molecule has 9 nitrogen and oxygen atoms in total. The van der Waals surface area contributed by atoms with Crippen molar-refractivity contribution in [1.82, 2.24) is 15.5 Å². The van der Waals surface area contributed by atoms with E-state index in [-0.39, 0.29) is 38.2 Å². The van der Waals surface area contributed by atoms with Gasteiger partial charge in [-0.05, 0) is 43.0 Å². The maximum absolute atomic E-state index is 14.0. The van der Waals surface area contributed by atoms with Crippen molar-refractivity contribution in [2.75, 3.05) is 32.8 Å². The molecule has 2 aliphatic rings. The zero-order valence-electron chi connectivity index (χ0n) is 21.2. The predicted molar refractivity (Wildman–Crippen MR) is 137 cm³/mol. The van der Waals surface area contributed by atoms with Gasteiger partial charge in [0.2, 0.25) is 11.6 Å². The number of ether oxygens (including phenoxy) is 2. The Bertz CT molecular complexity index is 1090. The molecule has 2 aromatic rings. The molecule has 0 bridgehead atoms. The van der Waals surface area contributed by atoms with Crippen LogP contribution in [0, 0.1) is 0 Å². The monoisotopic (exact) mass is 509 g/mol. The fraction of sp³-hybridized carbons (Fsp3) is 0.464. The number of hydrogen-bond donors (Lipinski definition) is 3. The van der Waals surface area contributed by atoms with Gasteiger partial charge in [0.15, 0.2) is 0 Å². The summed E-state index contributed by atoms with van der Waals surface area (Å²) in [6.45, 7) is 3.93. The molecule has 2 heterocycles. The number of esters is 1. The van der Waals surface area contributed by atoms with Gasteiger partial charge in [-0.15, -0.1) is 0 Å². The summed E-state index contributed by atoms with van der Waals surface area (Å²) in [5.74, 6) is -2.09. The van der Waals surface area contributed by atoms with Crippen molar-refractivity contribution in [3.8, 4) is 0 Å². The number of nitrogens with zero attached hydrogens (tertiary/aromatic N) is 1. The third-order valence-corrected chi connectivity index (χ3v) is 7.01. The lowest BCUT2D eigenvalue weighted by atomic mass is 9.81. The molecule has 2 atom stereocenters. The molecule has 1 amide bonds. The molecular weight excluding hydrogens is 474 g/mol. The number of nitrogens with one attached hydrogen (secondary N) is 2. The Balaban J connectivity index is 1.66. The van der Waals surface area contributed by atoms with E-state index in [1.54, 1.807) is 11.0 Å². The Kier molecular flexibility index (Phi) is 8.91. The van der Waals surface area contributed by atoms with Crippen LogP contribution in [-0.2, 0) is 36.1 Å². The predicted octanol–water partition coefficient (Wildman–Crippen LogP) is 2.36. The standard InChI is InChI=1S/C28H35N3O6/c1-20-17-31(16-13-26(33)34)28(24-10-6-5-9-23(20)24,27(35)37-18-21-7-3-2-4-8-21)30-25(32)19-36-22-11-14-29-15-12-22/h2-10,20,22,29H,11-19H2,1H3,(H,30,32)(H,33,34). The van der Waals surface area contributed by atoms with Crippen LogP contribution in [0.25, 0.3) is 0 Å². The van der Waals surface area contributed by atoms with E-state index in [1.165, 1.54) is 0 Å². The summed E-state index contributed by atoms with van der Waals surface area (Å²) in [7, 11) is 0. The fourth-order valence-corrected chi connectivity index (χ4v) is 5.14. The van der Waals surface area contributed by atoms with Crippen LogP contribution in [0.15, 0.2) is 54.6 Å². The maximum Gasteiger partial charge on any atom is 0.352 e. The third-order valence-electron chi connectivity index (χ3n) is 7.01. The van der Waals surface area contributed by atoms with Crippen LogP contribution in [-0.4, -0.2) is 66.7 Å². The minimum absolute atomic E-state index is 0.0166. The van der Waals surface area contributed by atoms with E-state index >= 15 is 0 Å². The van der Waals surface area contributed by atoms with E-state index in [2.05, 4.69) is 10.6 Å². The second kappa shape index (κ2) is 12.3. The van der Waals surface area contributed by atoms with Gasteiger partial charge >= 0.3 is 11.9 Å². The summed E-state index contributed by atoms with van der Waals surface area (Å²) < 4.78 is 11.7. The maximum atomic E-state index is 14.0. The Hall–Kier alpha value is -3.27. The van der Waals surface area contributed by atoms with Gasteiger partial charge in [0.1, 0.15) is 13.2 Å². The number of piperidine rings is 1. The molecular formula is C28H35N3O6. The van der Waals surface area contributed by atoms with Gasteiger partial charge in [-0.3, -0.25) is 14.5 Å². The zero-order valence-corrected chi connectivity index (χ0v) is 21.2. The van der Waals surface area contributed by atoms with Gasteiger partial charge in [-0.25, -0.2) is 4.79 Å². The van der Waals surface area contributed by atoms with Crippen LogP contribution in [0.2, 0.25) is 0 Å². The van der Waals surface area contributed by atoms with E-state index in [9.17, 15) is 19.5 Å². The Morgan fingerprint density at radius 1 is 1.08 bits per heavy atom. The Labute approximate surface area is 217 Å². The van der Waals surface area contributed by atoms with Gasteiger partial charge in [0.25, 0.3) is 0 Å². The van der Waals surface area contributed by atoms with E-state index in [0.717, 1.165) is 37.1 Å². The van der Waals surface area contributed by atoms with Crippen LogP contribution in [0.1, 0.15) is 48.8 Å². The normalized spacial score (nSPS) is 22.1. The Morgan fingerprint density at radius 3 is 2.51 bits per heavy atom. The van der Waals surface area contributed by atoms with Crippen molar-refractivity contribution in [3.63, 3.8) is 0 Å². The number of rotatable bonds is 10. The van der Waals surface area contributed by atoms with Gasteiger partial charge < -0.3 is 25.2 Å². The smallest absolute Gasteiger partial charge is 0.352 e. The third kappa shape index (κ3) is 6.36. The molecule has 4 rings (SSSR count). The van der Waals surface area contributed by atoms with Crippen LogP contribution in [0.3, 0.4) is 0 Å². The summed E-state index contributed by atoms with van der Waals surface area (Å²) in [6.07, 6.45) is 1.39. The number of carboxylic acids is 1. The highest BCUT2D eigenvalue weighted by atomic mass is 16.5.